The third-order valence-corrected chi connectivity index (χ3v) is 3.61. The highest BCUT2D eigenvalue weighted by Gasteiger charge is 2.29. The lowest BCUT2D eigenvalue weighted by atomic mass is 10.3. The van der Waals surface area contributed by atoms with Gasteiger partial charge in [-0.3, -0.25) is 4.79 Å². The molecule has 17 heavy (non-hydrogen) atoms. The van der Waals surface area contributed by atoms with Crippen molar-refractivity contribution in [3.8, 4) is 0 Å². The molecule has 0 saturated carbocycles. The molecule has 6 heteroatoms. The van der Waals surface area contributed by atoms with Gasteiger partial charge >= 0.3 is 5.97 Å². The van der Waals surface area contributed by atoms with Crippen molar-refractivity contribution in [2.45, 2.75) is 16.9 Å². The van der Waals surface area contributed by atoms with Gasteiger partial charge in [0.1, 0.15) is 10.8 Å². The summed E-state index contributed by atoms with van der Waals surface area (Å²) >= 11 is 1.30. The Bertz CT molecular complexity index is 581. The van der Waals surface area contributed by atoms with Gasteiger partial charge in [-0.2, -0.15) is 0 Å². The zero-order chi connectivity index (χ0) is 11.8. The van der Waals surface area contributed by atoms with Gasteiger partial charge in [-0.15, -0.1) is 0 Å². The van der Waals surface area contributed by atoms with Gasteiger partial charge in [0.05, 0.1) is 6.61 Å². The Morgan fingerprint density at radius 2 is 2.35 bits per heavy atom. The fourth-order valence-electron chi connectivity index (χ4n) is 1.68. The predicted molar refractivity (Wildman–Crippen MR) is 63.6 cm³/mol. The predicted octanol–water partition coefficient (Wildman–Crippen LogP) is 1.82. The molecule has 0 amide bonds. The van der Waals surface area contributed by atoms with Crippen LogP contribution in [0.5, 0.6) is 0 Å². The largest absolute Gasteiger partial charge is 0.465 e. The first-order valence-electron chi connectivity index (χ1n) is 5.22. The molecule has 1 fully saturated rings. The summed E-state index contributed by atoms with van der Waals surface area (Å²) in [5.74, 6) is -0.197. The number of thioether (sulfide) groups is 1. The monoisotopic (exact) mass is 250 g/mol. The summed E-state index contributed by atoms with van der Waals surface area (Å²) in [4.78, 5) is 15.6. The van der Waals surface area contributed by atoms with Crippen LogP contribution in [0, 0.1) is 0 Å². The Labute approximate surface area is 101 Å². The summed E-state index contributed by atoms with van der Waals surface area (Å²) in [5, 5.41) is 0.273. The quantitative estimate of drug-likeness (QED) is 0.647. The third kappa shape index (κ3) is 1.95. The lowest BCUT2D eigenvalue weighted by Crippen LogP contribution is -2.09. The Kier molecular flexibility index (Phi) is 2.44. The molecule has 0 radical (unpaired) electrons. The van der Waals surface area contributed by atoms with Crippen LogP contribution in [0.3, 0.4) is 0 Å². The number of nitrogens with two attached hydrogens (primary N) is 1. The maximum atomic E-state index is 11.3. The minimum atomic E-state index is -0.208. The number of hydrogen-bond donors (Lipinski definition) is 1. The lowest BCUT2D eigenvalue weighted by molar-refractivity contribution is -0.137. The number of ether oxygens (including phenoxy) is 1. The van der Waals surface area contributed by atoms with Crippen molar-refractivity contribution in [2.24, 2.45) is 0 Å². The molecule has 1 aromatic heterocycles. The van der Waals surface area contributed by atoms with E-state index < -0.39 is 0 Å². The first-order chi connectivity index (χ1) is 8.22. The van der Waals surface area contributed by atoms with Gasteiger partial charge in [0.25, 0.3) is 5.22 Å². The Balaban J connectivity index is 1.88. The summed E-state index contributed by atoms with van der Waals surface area (Å²) < 4.78 is 10.4. The number of carbonyl (C=O) groups is 1. The van der Waals surface area contributed by atoms with Gasteiger partial charge < -0.3 is 14.9 Å². The van der Waals surface area contributed by atoms with Crippen molar-refractivity contribution < 1.29 is 13.9 Å². The molecule has 2 aromatic rings. The molecule has 1 atom stereocenters. The zero-order valence-electron chi connectivity index (χ0n) is 8.88. The molecule has 5 nitrogen and oxygen atoms in total. The number of fused-ring (bicyclic) bond motifs is 1. The highest BCUT2D eigenvalue weighted by Crippen LogP contribution is 2.31. The number of oxazole rings is 1. The molecule has 0 aliphatic carbocycles. The molecule has 88 valence electrons. The van der Waals surface area contributed by atoms with Crippen molar-refractivity contribution in [3.63, 3.8) is 0 Å². The second kappa shape index (κ2) is 3.96. The molecule has 1 saturated heterocycles. The van der Waals surface area contributed by atoms with E-state index in [1.807, 2.05) is 0 Å². The first kappa shape index (κ1) is 10.5. The van der Waals surface area contributed by atoms with Crippen molar-refractivity contribution in [2.75, 3.05) is 12.3 Å². The molecule has 2 N–H and O–H groups in total. The van der Waals surface area contributed by atoms with Crippen LogP contribution in [0.4, 0.5) is 5.69 Å². The second-order valence-corrected chi connectivity index (χ2v) is 4.92. The van der Waals surface area contributed by atoms with Crippen molar-refractivity contribution >= 4 is 34.5 Å². The van der Waals surface area contributed by atoms with Crippen molar-refractivity contribution in [1.29, 1.82) is 0 Å². The highest BCUT2D eigenvalue weighted by molar-refractivity contribution is 8.00. The van der Waals surface area contributed by atoms with Gasteiger partial charge in [-0.1, -0.05) is 11.8 Å². The Morgan fingerprint density at radius 3 is 3.12 bits per heavy atom. The van der Waals surface area contributed by atoms with E-state index in [-0.39, 0.29) is 11.2 Å². The average Bonchev–Trinajstić information content (AvgIpc) is 2.85. The summed E-state index contributed by atoms with van der Waals surface area (Å²) in [6.45, 7) is 0.476. The molecule has 3 rings (SSSR count). The molecule has 1 aliphatic rings. The van der Waals surface area contributed by atoms with Crippen LogP contribution in [0.25, 0.3) is 11.1 Å². The average molecular weight is 250 g/mol. The van der Waals surface area contributed by atoms with E-state index in [1.54, 1.807) is 18.2 Å². The first-order valence-corrected chi connectivity index (χ1v) is 6.10. The summed E-state index contributed by atoms with van der Waals surface area (Å²) in [5.41, 5.74) is 7.68. The standard InChI is InChI=1S/C11H10N2O3S/c12-6-1-2-8-7(5-6)13-11(16-8)17-9-3-4-15-10(9)14/h1-2,5,9H,3-4,12H2. The lowest BCUT2D eigenvalue weighted by Gasteiger charge is -1.99. The molecule has 0 spiro atoms. The number of nitrogens with zero attached hydrogens (tertiary/aromatic N) is 1. The number of hydrogen-bond acceptors (Lipinski definition) is 6. The molecule has 1 aromatic carbocycles. The van der Waals surface area contributed by atoms with Crippen LogP contribution in [0.1, 0.15) is 6.42 Å². The van der Waals surface area contributed by atoms with Crippen LogP contribution >= 0.6 is 11.8 Å². The summed E-state index contributed by atoms with van der Waals surface area (Å²) in [6.07, 6.45) is 0.699. The molecule has 0 bridgehead atoms. The number of nitrogen functional groups attached to an aromatic ring is 1. The van der Waals surface area contributed by atoms with Crippen LogP contribution in [0.2, 0.25) is 0 Å². The van der Waals surface area contributed by atoms with Crippen LogP contribution in [0.15, 0.2) is 27.8 Å². The van der Waals surface area contributed by atoms with Gasteiger partial charge in [0.2, 0.25) is 0 Å². The van der Waals surface area contributed by atoms with Crippen molar-refractivity contribution in [3.05, 3.63) is 18.2 Å². The Hall–Kier alpha value is -1.69. The fourth-order valence-corrected chi connectivity index (χ4v) is 2.59. The molecule has 1 aliphatic heterocycles. The molecular formula is C11H10N2O3S. The SMILES string of the molecule is Nc1ccc2oc(SC3CCOC3=O)nc2c1. The second-order valence-electron chi connectivity index (χ2n) is 3.77. The highest BCUT2D eigenvalue weighted by atomic mass is 32.2. The number of benzene rings is 1. The molecule has 2 heterocycles. The van der Waals surface area contributed by atoms with E-state index in [2.05, 4.69) is 4.98 Å². The maximum absolute atomic E-state index is 11.3. The minimum absolute atomic E-state index is 0.197. The van der Waals surface area contributed by atoms with E-state index in [1.165, 1.54) is 11.8 Å². The van der Waals surface area contributed by atoms with E-state index >= 15 is 0 Å². The van der Waals surface area contributed by atoms with Crippen LogP contribution in [-0.4, -0.2) is 22.8 Å². The topological polar surface area (TPSA) is 78.4 Å². The fraction of sp³-hybridized carbons (Fsp3) is 0.273. The Morgan fingerprint density at radius 1 is 1.47 bits per heavy atom. The van der Waals surface area contributed by atoms with Gasteiger partial charge in [0, 0.05) is 12.1 Å². The number of anilines is 1. The van der Waals surface area contributed by atoms with Gasteiger partial charge in [-0.05, 0) is 18.2 Å². The molecule has 1 unspecified atom stereocenters. The smallest absolute Gasteiger partial charge is 0.319 e. The number of rotatable bonds is 2. The van der Waals surface area contributed by atoms with E-state index in [9.17, 15) is 4.79 Å². The van der Waals surface area contributed by atoms with Crippen LogP contribution in [-0.2, 0) is 9.53 Å². The van der Waals surface area contributed by atoms with Crippen molar-refractivity contribution in [1.82, 2.24) is 4.98 Å². The molecular weight excluding hydrogens is 240 g/mol. The van der Waals surface area contributed by atoms with E-state index in [4.69, 9.17) is 14.9 Å². The summed E-state index contributed by atoms with van der Waals surface area (Å²) in [7, 11) is 0. The third-order valence-electron chi connectivity index (χ3n) is 2.52. The van der Waals surface area contributed by atoms with E-state index in [0.717, 1.165) is 0 Å². The zero-order valence-corrected chi connectivity index (χ0v) is 9.70. The maximum Gasteiger partial charge on any atom is 0.319 e. The summed E-state index contributed by atoms with van der Waals surface area (Å²) in [6, 6.07) is 5.27. The van der Waals surface area contributed by atoms with Gasteiger partial charge in [0.15, 0.2) is 5.58 Å². The van der Waals surface area contributed by atoms with E-state index in [0.29, 0.717) is 35.0 Å². The number of cyclic esters (lactones) is 1. The van der Waals surface area contributed by atoms with Crippen LogP contribution < -0.4 is 5.73 Å². The van der Waals surface area contributed by atoms with Gasteiger partial charge in [-0.25, -0.2) is 4.98 Å². The normalized spacial score (nSPS) is 19.8. The number of esters is 1. The minimum Gasteiger partial charge on any atom is -0.465 e. The number of aromatic nitrogens is 1. The number of carbonyl (C=O) groups excluding carboxylic acids is 1.